The maximum absolute atomic E-state index is 12.4. The van der Waals surface area contributed by atoms with Gasteiger partial charge in [0.15, 0.2) is 0 Å². The molecule has 0 aliphatic heterocycles. The van der Waals surface area contributed by atoms with Gasteiger partial charge in [-0.05, 0) is 29.1 Å². The van der Waals surface area contributed by atoms with Crippen molar-refractivity contribution in [2.45, 2.75) is 19.5 Å². The summed E-state index contributed by atoms with van der Waals surface area (Å²) >= 11 is 1.44. The van der Waals surface area contributed by atoms with E-state index in [2.05, 4.69) is 4.98 Å². The van der Waals surface area contributed by atoms with Crippen LogP contribution in [0.15, 0.2) is 46.8 Å². The third-order valence-corrected chi connectivity index (χ3v) is 5.14. The van der Waals surface area contributed by atoms with Gasteiger partial charge in [0.2, 0.25) is 5.91 Å². The second kappa shape index (κ2) is 7.70. The Kier molecular flexibility index (Phi) is 5.37. The number of thiophene rings is 1. The second-order valence-electron chi connectivity index (χ2n) is 6.44. The van der Waals surface area contributed by atoms with Crippen molar-refractivity contribution >= 4 is 33.1 Å². The average Bonchev–Trinajstić information content (AvgIpc) is 3.11. The van der Waals surface area contributed by atoms with Crippen LogP contribution in [0.1, 0.15) is 12.0 Å². The average molecular weight is 370 g/mol. The number of hydrogen-bond acceptors (Lipinski definition) is 5. The summed E-state index contributed by atoms with van der Waals surface area (Å²) in [6, 6.07) is 9.90. The topological polar surface area (TPSA) is 58.4 Å². The Morgan fingerprint density at radius 3 is 2.58 bits per heavy atom. The zero-order valence-corrected chi connectivity index (χ0v) is 16.0. The van der Waals surface area contributed by atoms with Gasteiger partial charge >= 0.3 is 0 Å². The highest BCUT2D eigenvalue weighted by molar-refractivity contribution is 7.16. The third-order valence-electron chi connectivity index (χ3n) is 4.32. The summed E-state index contributed by atoms with van der Waals surface area (Å²) in [6.45, 7) is 0.879. The molecule has 6 nitrogen and oxygen atoms in total. The second-order valence-corrected chi connectivity index (χ2v) is 7.34. The minimum Gasteiger partial charge on any atom is -0.378 e. The minimum atomic E-state index is -0.0917. The molecule has 136 valence electrons. The van der Waals surface area contributed by atoms with Gasteiger partial charge < -0.3 is 9.80 Å². The molecule has 0 saturated heterocycles. The summed E-state index contributed by atoms with van der Waals surface area (Å²) in [6.07, 6.45) is 1.79. The van der Waals surface area contributed by atoms with Gasteiger partial charge in [0.25, 0.3) is 5.56 Å². The summed E-state index contributed by atoms with van der Waals surface area (Å²) < 4.78 is 1.51. The fraction of sp³-hybridized carbons (Fsp3) is 0.316. The molecule has 1 amide bonds. The number of aromatic nitrogens is 2. The van der Waals surface area contributed by atoms with Gasteiger partial charge in [-0.1, -0.05) is 12.1 Å². The fourth-order valence-corrected chi connectivity index (χ4v) is 3.44. The van der Waals surface area contributed by atoms with Crippen molar-refractivity contribution < 1.29 is 4.79 Å². The number of nitrogens with zero attached hydrogens (tertiary/aromatic N) is 4. The Hall–Kier alpha value is -2.67. The Morgan fingerprint density at radius 2 is 1.88 bits per heavy atom. The molecule has 0 radical (unpaired) electrons. The van der Waals surface area contributed by atoms with E-state index in [0.29, 0.717) is 18.5 Å². The van der Waals surface area contributed by atoms with E-state index in [9.17, 15) is 9.59 Å². The number of hydrogen-bond donors (Lipinski definition) is 0. The fourth-order valence-electron chi connectivity index (χ4n) is 2.72. The monoisotopic (exact) mass is 370 g/mol. The van der Waals surface area contributed by atoms with E-state index < -0.39 is 0 Å². The van der Waals surface area contributed by atoms with Gasteiger partial charge in [0.05, 0.1) is 11.7 Å². The van der Waals surface area contributed by atoms with E-state index in [1.165, 1.54) is 22.2 Å². The summed E-state index contributed by atoms with van der Waals surface area (Å²) in [5.74, 6) is -0.000924. The molecule has 0 saturated carbocycles. The van der Waals surface area contributed by atoms with Gasteiger partial charge in [-0.3, -0.25) is 14.2 Å². The van der Waals surface area contributed by atoms with Gasteiger partial charge in [-0.2, -0.15) is 0 Å². The summed E-state index contributed by atoms with van der Waals surface area (Å²) in [4.78, 5) is 33.5. The van der Waals surface area contributed by atoms with Gasteiger partial charge in [0.1, 0.15) is 4.83 Å². The lowest BCUT2D eigenvalue weighted by Crippen LogP contribution is -2.29. The van der Waals surface area contributed by atoms with Crippen molar-refractivity contribution in [3.63, 3.8) is 0 Å². The Bertz CT molecular complexity index is 960. The molecule has 3 aromatic rings. The lowest BCUT2D eigenvalue weighted by atomic mass is 10.2. The first-order chi connectivity index (χ1) is 12.5. The Labute approximate surface area is 156 Å². The predicted molar refractivity (Wildman–Crippen MR) is 106 cm³/mol. The highest BCUT2D eigenvalue weighted by Gasteiger charge is 2.11. The van der Waals surface area contributed by atoms with E-state index >= 15 is 0 Å². The first-order valence-corrected chi connectivity index (χ1v) is 9.26. The van der Waals surface area contributed by atoms with Crippen molar-refractivity contribution in [2.75, 3.05) is 26.0 Å². The molecule has 0 atom stereocenters. The van der Waals surface area contributed by atoms with Crippen LogP contribution in [-0.2, 0) is 17.9 Å². The van der Waals surface area contributed by atoms with Crippen molar-refractivity contribution in [2.24, 2.45) is 0 Å². The molecule has 0 bridgehead atoms. The number of anilines is 1. The third kappa shape index (κ3) is 3.94. The van der Waals surface area contributed by atoms with Crippen LogP contribution in [0.25, 0.3) is 10.2 Å². The molecule has 0 spiro atoms. The smallest absolute Gasteiger partial charge is 0.262 e. The maximum atomic E-state index is 12.4. The van der Waals surface area contributed by atoms with Crippen LogP contribution in [0.4, 0.5) is 5.69 Å². The molecule has 0 unspecified atom stereocenters. The molecule has 3 rings (SSSR count). The Morgan fingerprint density at radius 1 is 1.15 bits per heavy atom. The molecule has 0 fully saturated rings. The quantitative estimate of drug-likeness (QED) is 0.669. The Balaban J connectivity index is 1.60. The summed E-state index contributed by atoms with van der Waals surface area (Å²) in [5.41, 5.74) is 2.11. The van der Waals surface area contributed by atoms with Crippen LogP contribution in [-0.4, -0.2) is 41.5 Å². The van der Waals surface area contributed by atoms with Crippen LogP contribution >= 0.6 is 11.3 Å². The van der Waals surface area contributed by atoms with E-state index in [0.717, 1.165) is 16.1 Å². The zero-order chi connectivity index (χ0) is 18.7. The van der Waals surface area contributed by atoms with Crippen LogP contribution in [0.2, 0.25) is 0 Å². The molecular weight excluding hydrogens is 348 g/mol. The molecule has 1 aromatic carbocycles. The molecule has 26 heavy (non-hydrogen) atoms. The summed E-state index contributed by atoms with van der Waals surface area (Å²) in [5, 5.41) is 2.46. The number of carbonyl (C=O) groups excluding carboxylic acids is 1. The SMILES string of the molecule is CN(Cc1ccc(N(C)C)cc1)C(=O)CCn1cnc2sccc2c1=O. The standard InChI is InChI=1S/C19H22N4O2S/c1-21(2)15-6-4-14(5-7-15)12-22(3)17(24)8-10-23-13-20-18-16(19(23)25)9-11-26-18/h4-7,9,11,13H,8,10,12H2,1-3H3. The lowest BCUT2D eigenvalue weighted by Gasteiger charge is -2.18. The highest BCUT2D eigenvalue weighted by atomic mass is 32.1. The molecular formula is C19H22N4O2S. The molecule has 0 aliphatic rings. The zero-order valence-electron chi connectivity index (χ0n) is 15.2. The van der Waals surface area contributed by atoms with Gasteiger partial charge in [0, 0.05) is 46.3 Å². The van der Waals surface area contributed by atoms with E-state index in [4.69, 9.17) is 0 Å². The first-order valence-electron chi connectivity index (χ1n) is 8.38. The normalized spacial score (nSPS) is 10.9. The molecule has 2 aromatic heterocycles. The van der Waals surface area contributed by atoms with Gasteiger partial charge in [-0.25, -0.2) is 4.98 Å². The van der Waals surface area contributed by atoms with Crippen molar-refractivity contribution in [3.05, 3.63) is 58.0 Å². The van der Waals surface area contributed by atoms with Crippen LogP contribution in [0.3, 0.4) is 0 Å². The first kappa shape index (κ1) is 18.1. The minimum absolute atomic E-state index is 0.000924. The molecule has 2 heterocycles. The molecule has 7 heteroatoms. The number of carbonyl (C=O) groups is 1. The van der Waals surface area contributed by atoms with E-state index in [1.54, 1.807) is 18.0 Å². The number of fused-ring (bicyclic) bond motifs is 1. The molecule has 0 aliphatic carbocycles. The largest absolute Gasteiger partial charge is 0.378 e. The van der Waals surface area contributed by atoms with E-state index in [-0.39, 0.29) is 17.9 Å². The van der Waals surface area contributed by atoms with Crippen molar-refractivity contribution in [3.8, 4) is 0 Å². The predicted octanol–water partition coefficient (Wildman–Crippen LogP) is 2.57. The maximum Gasteiger partial charge on any atom is 0.262 e. The van der Waals surface area contributed by atoms with E-state index in [1.807, 2.05) is 48.6 Å². The number of rotatable bonds is 6. The highest BCUT2D eigenvalue weighted by Crippen LogP contribution is 2.15. The number of aryl methyl sites for hydroxylation is 1. The molecule has 0 N–H and O–H groups in total. The summed E-state index contributed by atoms with van der Waals surface area (Å²) in [7, 11) is 5.77. The van der Waals surface area contributed by atoms with Crippen LogP contribution in [0.5, 0.6) is 0 Å². The van der Waals surface area contributed by atoms with Crippen LogP contribution < -0.4 is 10.5 Å². The van der Waals surface area contributed by atoms with Gasteiger partial charge in [-0.15, -0.1) is 11.3 Å². The van der Waals surface area contributed by atoms with Crippen molar-refractivity contribution in [1.82, 2.24) is 14.5 Å². The lowest BCUT2D eigenvalue weighted by molar-refractivity contribution is -0.130. The number of amides is 1. The van der Waals surface area contributed by atoms with Crippen LogP contribution in [0, 0.1) is 0 Å². The number of benzene rings is 1. The van der Waals surface area contributed by atoms with Crippen molar-refractivity contribution in [1.29, 1.82) is 0 Å².